The Morgan fingerprint density at radius 2 is 2.18 bits per heavy atom. The van der Waals surface area contributed by atoms with Crippen LogP contribution >= 0.6 is 0 Å². The topological polar surface area (TPSA) is 0 Å². The Balaban J connectivity index is 2.71. The highest BCUT2D eigenvalue weighted by Gasteiger charge is 2.11. The molecule has 11 heavy (non-hydrogen) atoms. The molecule has 1 aromatic carbocycles. The molecule has 0 aliphatic heterocycles. The van der Waals surface area contributed by atoms with E-state index in [4.69, 9.17) is 0 Å². The number of halogens is 1. The standard InChI is InChI=1S/C9H6FSi/c10-8-4-5-9(11)7-3-1-2-6(7)8/h1,3-5H,2H2. The van der Waals surface area contributed by atoms with E-state index in [2.05, 4.69) is 10.2 Å². The number of hydrogen-bond donors (Lipinski definition) is 0. The maximum Gasteiger partial charge on any atom is 0.127 e. The van der Waals surface area contributed by atoms with Crippen molar-refractivity contribution in [2.45, 2.75) is 6.42 Å². The summed E-state index contributed by atoms with van der Waals surface area (Å²) < 4.78 is 13.0. The summed E-state index contributed by atoms with van der Waals surface area (Å²) in [4.78, 5) is 0. The van der Waals surface area contributed by atoms with Gasteiger partial charge >= 0.3 is 0 Å². The van der Waals surface area contributed by atoms with Crippen LogP contribution < -0.4 is 5.19 Å². The second-order valence-electron chi connectivity index (χ2n) is 2.59. The molecule has 0 saturated carbocycles. The van der Waals surface area contributed by atoms with Crippen LogP contribution in [0.5, 0.6) is 0 Å². The molecular weight excluding hydrogens is 155 g/mol. The first-order valence-electron chi connectivity index (χ1n) is 3.48. The predicted octanol–water partition coefficient (Wildman–Crippen LogP) is 1.19. The average molecular weight is 161 g/mol. The molecule has 0 amide bonds. The van der Waals surface area contributed by atoms with Crippen LogP contribution in [-0.2, 0) is 6.42 Å². The van der Waals surface area contributed by atoms with Gasteiger partial charge < -0.3 is 0 Å². The molecule has 53 valence electrons. The normalized spacial score (nSPS) is 13.6. The van der Waals surface area contributed by atoms with E-state index in [1.165, 1.54) is 6.07 Å². The van der Waals surface area contributed by atoms with Gasteiger partial charge in [-0.3, -0.25) is 0 Å². The molecule has 0 nitrogen and oxygen atoms in total. The van der Waals surface area contributed by atoms with Gasteiger partial charge in [-0.2, -0.15) is 0 Å². The van der Waals surface area contributed by atoms with Gasteiger partial charge in [0.15, 0.2) is 0 Å². The summed E-state index contributed by atoms with van der Waals surface area (Å²) in [5.74, 6) is -0.105. The molecule has 0 N–H and O–H groups in total. The van der Waals surface area contributed by atoms with Crippen LogP contribution in [0.25, 0.3) is 6.08 Å². The molecule has 0 fully saturated rings. The zero-order valence-electron chi connectivity index (χ0n) is 5.89. The van der Waals surface area contributed by atoms with E-state index in [-0.39, 0.29) is 5.82 Å². The van der Waals surface area contributed by atoms with E-state index in [9.17, 15) is 4.39 Å². The highest BCUT2D eigenvalue weighted by atomic mass is 28.1. The molecule has 2 rings (SSSR count). The number of rotatable bonds is 0. The first kappa shape index (κ1) is 6.79. The molecule has 0 saturated heterocycles. The zero-order chi connectivity index (χ0) is 7.84. The van der Waals surface area contributed by atoms with Gasteiger partial charge in [-0.25, -0.2) is 4.39 Å². The summed E-state index contributed by atoms with van der Waals surface area (Å²) >= 11 is 0. The second-order valence-corrected chi connectivity index (χ2v) is 3.13. The summed E-state index contributed by atoms with van der Waals surface area (Å²) in [6.45, 7) is 0. The number of hydrogen-bond acceptors (Lipinski definition) is 0. The lowest BCUT2D eigenvalue weighted by Crippen LogP contribution is -2.09. The number of benzene rings is 1. The maximum atomic E-state index is 13.0. The number of fused-ring (bicyclic) bond motifs is 1. The van der Waals surface area contributed by atoms with Crippen LogP contribution in [0.4, 0.5) is 4.39 Å². The molecular formula is C9H6FSi. The highest BCUT2D eigenvalue weighted by molar-refractivity contribution is 6.34. The van der Waals surface area contributed by atoms with Crippen molar-refractivity contribution in [1.29, 1.82) is 0 Å². The Morgan fingerprint density at radius 3 is 2.91 bits per heavy atom. The summed E-state index contributed by atoms with van der Waals surface area (Å²) in [6, 6.07) is 3.23. The Morgan fingerprint density at radius 1 is 1.36 bits per heavy atom. The molecule has 0 unspecified atom stereocenters. The molecule has 0 aromatic heterocycles. The largest absolute Gasteiger partial charge is 0.207 e. The van der Waals surface area contributed by atoms with Crippen molar-refractivity contribution in [1.82, 2.24) is 0 Å². The van der Waals surface area contributed by atoms with Crippen LogP contribution in [0.3, 0.4) is 0 Å². The van der Waals surface area contributed by atoms with Crippen molar-refractivity contribution in [2.75, 3.05) is 0 Å². The first-order chi connectivity index (χ1) is 5.29. The quantitative estimate of drug-likeness (QED) is 0.501. The molecule has 0 bridgehead atoms. The lowest BCUT2D eigenvalue weighted by atomic mass is 10.1. The zero-order valence-corrected chi connectivity index (χ0v) is 6.89. The monoisotopic (exact) mass is 161 g/mol. The summed E-state index contributed by atoms with van der Waals surface area (Å²) in [5, 5.41) is 0.968. The third-order valence-electron chi connectivity index (χ3n) is 1.91. The minimum Gasteiger partial charge on any atom is -0.207 e. The molecule has 2 heteroatoms. The lowest BCUT2D eigenvalue weighted by molar-refractivity contribution is 0.616. The van der Waals surface area contributed by atoms with Gasteiger partial charge in [0.1, 0.15) is 5.82 Å². The SMILES string of the molecule is Fc1ccc([Si])c2c1CC=C2. The fraction of sp³-hybridized carbons (Fsp3) is 0.111. The first-order valence-corrected chi connectivity index (χ1v) is 3.98. The minimum absolute atomic E-state index is 0.105. The van der Waals surface area contributed by atoms with Crippen LogP contribution in [-0.4, -0.2) is 10.2 Å². The minimum atomic E-state index is -0.105. The van der Waals surface area contributed by atoms with Gasteiger partial charge in [0, 0.05) is 0 Å². The molecule has 1 aliphatic carbocycles. The average Bonchev–Trinajstić information content (AvgIpc) is 2.45. The lowest BCUT2D eigenvalue weighted by Gasteiger charge is -2.02. The highest BCUT2D eigenvalue weighted by Crippen LogP contribution is 2.19. The Labute approximate surface area is 68.2 Å². The molecule has 0 atom stereocenters. The Kier molecular flexibility index (Phi) is 1.43. The van der Waals surface area contributed by atoms with Crippen molar-refractivity contribution in [2.24, 2.45) is 0 Å². The Bertz CT molecular complexity index is 329. The fourth-order valence-corrected chi connectivity index (χ4v) is 1.65. The van der Waals surface area contributed by atoms with Gasteiger partial charge in [-0.1, -0.05) is 23.4 Å². The van der Waals surface area contributed by atoms with E-state index >= 15 is 0 Å². The molecule has 0 spiro atoms. The van der Waals surface area contributed by atoms with E-state index in [1.807, 2.05) is 12.2 Å². The summed E-state index contributed by atoms with van der Waals surface area (Å²) in [6.07, 6.45) is 4.64. The number of allylic oxidation sites excluding steroid dienone is 1. The van der Waals surface area contributed by atoms with Gasteiger partial charge in [-0.05, 0) is 23.6 Å². The second kappa shape index (κ2) is 2.31. The van der Waals surface area contributed by atoms with E-state index in [1.54, 1.807) is 6.07 Å². The van der Waals surface area contributed by atoms with Gasteiger partial charge in [0.25, 0.3) is 0 Å². The van der Waals surface area contributed by atoms with Crippen molar-refractivity contribution in [3.8, 4) is 0 Å². The van der Waals surface area contributed by atoms with Crippen molar-refractivity contribution in [3.63, 3.8) is 0 Å². The predicted molar refractivity (Wildman–Crippen MR) is 44.5 cm³/mol. The molecule has 3 radical (unpaired) electrons. The maximum absolute atomic E-state index is 13.0. The third kappa shape index (κ3) is 0.941. The van der Waals surface area contributed by atoms with Crippen molar-refractivity contribution in [3.05, 3.63) is 35.2 Å². The fourth-order valence-electron chi connectivity index (χ4n) is 1.33. The molecule has 1 aromatic rings. The molecule has 1 aliphatic rings. The van der Waals surface area contributed by atoms with Crippen LogP contribution in [0.2, 0.25) is 0 Å². The van der Waals surface area contributed by atoms with E-state index in [0.29, 0.717) is 0 Å². The van der Waals surface area contributed by atoms with Crippen molar-refractivity contribution < 1.29 is 4.39 Å². The van der Waals surface area contributed by atoms with E-state index < -0.39 is 0 Å². The summed E-state index contributed by atoms with van der Waals surface area (Å²) in [5.41, 5.74) is 1.79. The van der Waals surface area contributed by atoms with Crippen molar-refractivity contribution >= 4 is 21.5 Å². The van der Waals surface area contributed by atoms with Crippen LogP contribution in [0.1, 0.15) is 11.1 Å². The van der Waals surface area contributed by atoms with Crippen LogP contribution in [0, 0.1) is 5.82 Å². The van der Waals surface area contributed by atoms with Crippen LogP contribution in [0.15, 0.2) is 18.2 Å². The van der Waals surface area contributed by atoms with E-state index in [0.717, 1.165) is 22.7 Å². The summed E-state index contributed by atoms with van der Waals surface area (Å²) in [7, 11) is 3.41. The van der Waals surface area contributed by atoms with Gasteiger partial charge in [0.05, 0.1) is 10.2 Å². The van der Waals surface area contributed by atoms with Gasteiger partial charge in [0.2, 0.25) is 0 Å². The third-order valence-corrected chi connectivity index (χ3v) is 2.34. The Hall–Kier alpha value is -0.893. The van der Waals surface area contributed by atoms with Gasteiger partial charge in [-0.15, -0.1) is 0 Å². The molecule has 0 heterocycles. The smallest absolute Gasteiger partial charge is 0.127 e.